The van der Waals surface area contributed by atoms with Crippen LogP contribution in [0.15, 0.2) is 58.8 Å². The number of anilines is 1. The first-order valence-corrected chi connectivity index (χ1v) is 6.37. The molecule has 0 atom stereocenters. The molecular formula is C12H10N6S. The minimum Gasteiger partial charge on any atom is -0.368 e. The van der Waals surface area contributed by atoms with E-state index in [4.69, 9.17) is 5.73 Å². The van der Waals surface area contributed by atoms with Crippen molar-refractivity contribution >= 4 is 17.7 Å². The van der Waals surface area contributed by atoms with Gasteiger partial charge in [-0.1, -0.05) is 18.2 Å². The Kier molecular flexibility index (Phi) is 3.11. The van der Waals surface area contributed by atoms with E-state index in [0.717, 1.165) is 4.90 Å². The van der Waals surface area contributed by atoms with Gasteiger partial charge in [0.05, 0.1) is 0 Å². The lowest BCUT2D eigenvalue weighted by atomic mass is 10.4. The molecule has 7 heteroatoms. The zero-order chi connectivity index (χ0) is 13.1. The molecular weight excluding hydrogens is 260 g/mol. The van der Waals surface area contributed by atoms with Crippen LogP contribution < -0.4 is 5.73 Å². The lowest BCUT2D eigenvalue weighted by Crippen LogP contribution is -2.07. The van der Waals surface area contributed by atoms with Gasteiger partial charge in [0.1, 0.15) is 0 Å². The van der Waals surface area contributed by atoms with Crippen molar-refractivity contribution in [2.24, 2.45) is 0 Å². The van der Waals surface area contributed by atoms with Crippen LogP contribution in [0.3, 0.4) is 0 Å². The Morgan fingerprint density at radius 3 is 2.58 bits per heavy atom. The van der Waals surface area contributed by atoms with E-state index < -0.39 is 0 Å². The predicted octanol–water partition coefficient (Wildman–Crippen LogP) is 1.79. The topological polar surface area (TPSA) is 82.5 Å². The average Bonchev–Trinajstić information content (AvgIpc) is 2.93. The van der Waals surface area contributed by atoms with Gasteiger partial charge >= 0.3 is 0 Å². The fourth-order valence-electron chi connectivity index (χ4n) is 1.49. The summed E-state index contributed by atoms with van der Waals surface area (Å²) in [7, 11) is 0. The average molecular weight is 270 g/mol. The van der Waals surface area contributed by atoms with Gasteiger partial charge in [0.25, 0.3) is 5.95 Å². The molecule has 19 heavy (non-hydrogen) atoms. The van der Waals surface area contributed by atoms with Gasteiger partial charge in [0, 0.05) is 17.3 Å². The minimum atomic E-state index is 0.180. The van der Waals surface area contributed by atoms with Crippen LogP contribution in [0.4, 0.5) is 5.95 Å². The Labute approximate surface area is 113 Å². The van der Waals surface area contributed by atoms with Crippen molar-refractivity contribution in [3.8, 4) is 5.95 Å². The van der Waals surface area contributed by atoms with Crippen molar-refractivity contribution in [2.75, 3.05) is 5.73 Å². The molecule has 94 valence electrons. The van der Waals surface area contributed by atoms with Gasteiger partial charge in [-0.15, -0.1) is 0 Å². The van der Waals surface area contributed by atoms with Crippen LogP contribution in [0, 0.1) is 0 Å². The Morgan fingerprint density at radius 2 is 1.84 bits per heavy atom. The van der Waals surface area contributed by atoms with Crippen LogP contribution in [0.25, 0.3) is 5.95 Å². The second kappa shape index (κ2) is 5.07. The monoisotopic (exact) mass is 270 g/mol. The van der Waals surface area contributed by atoms with E-state index in [1.54, 1.807) is 23.1 Å². The molecule has 6 nitrogen and oxygen atoms in total. The number of hydrogen-bond donors (Lipinski definition) is 1. The van der Waals surface area contributed by atoms with Crippen LogP contribution in [0.5, 0.6) is 0 Å². The molecule has 0 saturated heterocycles. The SMILES string of the molecule is Nc1nc(Sc2ccccc2)nc(-n2cccn2)n1. The molecule has 0 spiro atoms. The number of rotatable bonds is 3. The highest BCUT2D eigenvalue weighted by Gasteiger charge is 2.07. The van der Waals surface area contributed by atoms with E-state index in [0.29, 0.717) is 11.1 Å². The van der Waals surface area contributed by atoms with Crippen molar-refractivity contribution in [2.45, 2.75) is 10.1 Å². The van der Waals surface area contributed by atoms with E-state index in [9.17, 15) is 0 Å². The second-order valence-electron chi connectivity index (χ2n) is 3.64. The van der Waals surface area contributed by atoms with Crippen molar-refractivity contribution < 1.29 is 0 Å². The summed E-state index contributed by atoms with van der Waals surface area (Å²) in [5.74, 6) is 0.592. The standard InChI is InChI=1S/C12H10N6S/c13-10-15-11(18-8-4-7-14-18)17-12(16-10)19-9-5-2-1-3-6-9/h1-8H,(H2,13,15,16,17). The summed E-state index contributed by atoms with van der Waals surface area (Å²) in [6, 6.07) is 11.6. The maximum absolute atomic E-state index is 5.70. The zero-order valence-electron chi connectivity index (χ0n) is 9.84. The van der Waals surface area contributed by atoms with Crippen LogP contribution in [0.1, 0.15) is 0 Å². The van der Waals surface area contributed by atoms with Crippen molar-refractivity contribution in [1.29, 1.82) is 0 Å². The smallest absolute Gasteiger partial charge is 0.256 e. The molecule has 2 heterocycles. The largest absolute Gasteiger partial charge is 0.368 e. The molecule has 0 fully saturated rings. The normalized spacial score (nSPS) is 10.5. The van der Waals surface area contributed by atoms with E-state index in [1.807, 2.05) is 30.3 Å². The molecule has 0 aliphatic heterocycles. The van der Waals surface area contributed by atoms with Gasteiger partial charge in [-0.2, -0.15) is 20.1 Å². The van der Waals surface area contributed by atoms with Crippen molar-refractivity contribution in [3.63, 3.8) is 0 Å². The number of aromatic nitrogens is 5. The molecule has 0 radical (unpaired) electrons. The summed E-state index contributed by atoms with van der Waals surface area (Å²) in [4.78, 5) is 13.6. The van der Waals surface area contributed by atoms with Crippen LogP contribution in [0.2, 0.25) is 0 Å². The van der Waals surface area contributed by atoms with Gasteiger partial charge in [-0.25, -0.2) is 4.68 Å². The highest BCUT2D eigenvalue weighted by atomic mass is 32.2. The molecule has 3 aromatic rings. The van der Waals surface area contributed by atoms with Crippen molar-refractivity contribution in [3.05, 3.63) is 48.8 Å². The first kappa shape index (κ1) is 11.7. The van der Waals surface area contributed by atoms with Gasteiger partial charge in [-0.3, -0.25) is 0 Å². The molecule has 0 amide bonds. The summed E-state index contributed by atoms with van der Waals surface area (Å²) in [6.07, 6.45) is 3.41. The molecule has 2 N–H and O–H groups in total. The number of nitrogen functional groups attached to an aromatic ring is 1. The quantitative estimate of drug-likeness (QED) is 0.781. The molecule has 2 aromatic heterocycles. The molecule has 0 aliphatic carbocycles. The highest BCUT2D eigenvalue weighted by Crippen LogP contribution is 2.24. The molecule has 1 aromatic carbocycles. The van der Waals surface area contributed by atoms with E-state index in [-0.39, 0.29) is 5.95 Å². The molecule has 3 rings (SSSR count). The van der Waals surface area contributed by atoms with Gasteiger partial charge < -0.3 is 5.73 Å². The summed E-state index contributed by atoms with van der Waals surface area (Å²) >= 11 is 1.43. The maximum Gasteiger partial charge on any atom is 0.256 e. The predicted molar refractivity (Wildman–Crippen MR) is 71.9 cm³/mol. The zero-order valence-corrected chi connectivity index (χ0v) is 10.7. The van der Waals surface area contributed by atoms with Gasteiger partial charge in [0.15, 0.2) is 5.16 Å². The van der Waals surface area contributed by atoms with E-state index in [2.05, 4.69) is 20.1 Å². The maximum atomic E-state index is 5.70. The Balaban J connectivity index is 1.94. The molecule has 0 saturated carbocycles. The number of benzene rings is 1. The third-order valence-electron chi connectivity index (χ3n) is 2.28. The minimum absolute atomic E-state index is 0.180. The fourth-order valence-corrected chi connectivity index (χ4v) is 2.26. The second-order valence-corrected chi connectivity index (χ2v) is 4.68. The van der Waals surface area contributed by atoms with E-state index >= 15 is 0 Å². The first-order valence-electron chi connectivity index (χ1n) is 5.56. The first-order chi connectivity index (χ1) is 9.31. The van der Waals surface area contributed by atoms with Crippen LogP contribution in [-0.2, 0) is 0 Å². The van der Waals surface area contributed by atoms with Gasteiger partial charge in [-0.05, 0) is 30.0 Å². The van der Waals surface area contributed by atoms with Crippen molar-refractivity contribution in [1.82, 2.24) is 24.7 Å². The number of nitrogens with zero attached hydrogens (tertiary/aromatic N) is 5. The van der Waals surface area contributed by atoms with Gasteiger partial charge in [0.2, 0.25) is 5.95 Å². The number of hydrogen-bond acceptors (Lipinski definition) is 6. The Hall–Kier alpha value is -2.41. The molecule has 0 aliphatic rings. The Morgan fingerprint density at radius 1 is 1.00 bits per heavy atom. The lowest BCUT2D eigenvalue weighted by molar-refractivity contribution is 0.764. The van der Waals surface area contributed by atoms with E-state index in [1.165, 1.54) is 11.8 Å². The summed E-state index contributed by atoms with van der Waals surface area (Å²) in [5, 5.41) is 4.62. The summed E-state index contributed by atoms with van der Waals surface area (Å²) < 4.78 is 1.55. The highest BCUT2D eigenvalue weighted by molar-refractivity contribution is 7.99. The molecule has 0 unspecified atom stereocenters. The summed E-state index contributed by atoms with van der Waals surface area (Å²) in [5.41, 5.74) is 5.70. The third kappa shape index (κ3) is 2.71. The molecule has 0 bridgehead atoms. The third-order valence-corrected chi connectivity index (χ3v) is 3.16. The Bertz CT molecular complexity index is 668. The lowest BCUT2D eigenvalue weighted by Gasteiger charge is -2.04. The summed E-state index contributed by atoms with van der Waals surface area (Å²) in [6.45, 7) is 0. The van der Waals surface area contributed by atoms with Crippen LogP contribution >= 0.6 is 11.8 Å². The number of nitrogens with two attached hydrogens (primary N) is 1. The van der Waals surface area contributed by atoms with Crippen LogP contribution in [-0.4, -0.2) is 24.7 Å². The fraction of sp³-hybridized carbons (Fsp3) is 0.